The van der Waals surface area contributed by atoms with Crippen molar-refractivity contribution in [1.29, 1.82) is 0 Å². The maximum absolute atomic E-state index is 13.0. The third-order valence-electron chi connectivity index (χ3n) is 4.23. The molecule has 0 saturated carbocycles. The van der Waals surface area contributed by atoms with Crippen LogP contribution in [0.2, 0.25) is 0 Å². The van der Waals surface area contributed by atoms with Gasteiger partial charge < -0.3 is 15.0 Å². The summed E-state index contributed by atoms with van der Waals surface area (Å²) in [6, 6.07) is 0.300. The molecule has 7 nitrogen and oxygen atoms in total. The summed E-state index contributed by atoms with van der Waals surface area (Å²) >= 11 is 1.69. The van der Waals surface area contributed by atoms with Crippen molar-refractivity contribution >= 4 is 28.7 Å². The van der Waals surface area contributed by atoms with Crippen LogP contribution >= 0.6 is 11.3 Å². The van der Waals surface area contributed by atoms with Gasteiger partial charge in [0.2, 0.25) is 0 Å². The summed E-state index contributed by atoms with van der Waals surface area (Å²) in [4.78, 5) is 18.3. The summed E-state index contributed by atoms with van der Waals surface area (Å²) in [7, 11) is 4.02. The lowest BCUT2D eigenvalue weighted by atomic mass is 10.1. The van der Waals surface area contributed by atoms with Crippen LogP contribution in [0, 0.1) is 5.92 Å². The number of ether oxygens (including phenoxy) is 1. The summed E-state index contributed by atoms with van der Waals surface area (Å²) < 4.78 is 18.7. The van der Waals surface area contributed by atoms with E-state index in [1.54, 1.807) is 11.3 Å². The van der Waals surface area contributed by atoms with Crippen LogP contribution in [0.1, 0.15) is 4.88 Å². The Labute approximate surface area is 151 Å². The van der Waals surface area contributed by atoms with Gasteiger partial charge in [0, 0.05) is 63.0 Å². The molecule has 25 heavy (non-hydrogen) atoms. The number of anilines is 1. The average Bonchev–Trinajstić information content (AvgIpc) is 2.98. The SMILES string of the molecule is CNc1ncc(CN2CCN(C)CC(COC3=NCC(F)C=N3)C2)s1. The molecular weight excluding hydrogens is 343 g/mol. The maximum Gasteiger partial charge on any atom is 0.311 e. The molecule has 2 aliphatic rings. The van der Waals surface area contributed by atoms with E-state index in [2.05, 4.69) is 37.1 Å². The maximum atomic E-state index is 13.0. The van der Waals surface area contributed by atoms with Gasteiger partial charge in [0.15, 0.2) is 11.3 Å². The van der Waals surface area contributed by atoms with E-state index in [-0.39, 0.29) is 6.54 Å². The quantitative estimate of drug-likeness (QED) is 0.850. The first-order valence-corrected chi connectivity index (χ1v) is 9.33. The van der Waals surface area contributed by atoms with E-state index in [1.807, 2.05) is 13.2 Å². The molecule has 3 rings (SSSR count). The third kappa shape index (κ3) is 5.45. The standard InChI is InChI=1S/C16H25FN6OS/c1-18-16-21-7-14(25-16)10-23-4-3-22(2)8-12(9-23)11-24-15-19-5-13(17)6-20-15/h5,7,12-13H,3-4,6,8-11H2,1-2H3,(H,18,21). The summed E-state index contributed by atoms with van der Waals surface area (Å²) in [6.45, 7) is 5.49. The molecule has 0 aromatic carbocycles. The lowest BCUT2D eigenvalue weighted by molar-refractivity contribution is 0.173. The molecule has 0 aliphatic carbocycles. The van der Waals surface area contributed by atoms with Crippen LogP contribution in [-0.2, 0) is 11.3 Å². The van der Waals surface area contributed by atoms with Crippen LogP contribution in [0.25, 0.3) is 0 Å². The number of halogens is 1. The highest BCUT2D eigenvalue weighted by Gasteiger charge is 2.23. The highest BCUT2D eigenvalue weighted by molar-refractivity contribution is 7.15. The molecule has 1 aromatic heterocycles. The topological polar surface area (TPSA) is 65.4 Å². The Hall–Kier alpha value is -1.58. The zero-order valence-electron chi connectivity index (χ0n) is 14.7. The van der Waals surface area contributed by atoms with Crippen molar-refractivity contribution in [3.05, 3.63) is 11.1 Å². The number of thiazole rings is 1. The number of amidine groups is 1. The predicted molar refractivity (Wildman–Crippen MR) is 99.6 cm³/mol. The van der Waals surface area contributed by atoms with Crippen molar-refractivity contribution in [3.63, 3.8) is 0 Å². The van der Waals surface area contributed by atoms with Crippen molar-refractivity contribution in [2.24, 2.45) is 15.9 Å². The molecule has 9 heteroatoms. The second-order valence-corrected chi connectivity index (χ2v) is 7.59. The molecule has 2 atom stereocenters. The lowest BCUT2D eigenvalue weighted by Crippen LogP contribution is -2.32. The Morgan fingerprint density at radius 1 is 1.40 bits per heavy atom. The van der Waals surface area contributed by atoms with Crippen LogP contribution in [0.4, 0.5) is 9.52 Å². The number of alkyl halides is 1. The van der Waals surface area contributed by atoms with Gasteiger partial charge in [-0.2, -0.15) is 0 Å². The monoisotopic (exact) mass is 368 g/mol. The Kier molecular flexibility index (Phi) is 6.33. The Bertz CT molecular complexity index is 622. The van der Waals surface area contributed by atoms with Crippen molar-refractivity contribution < 1.29 is 9.13 Å². The number of aromatic nitrogens is 1. The van der Waals surface area contributed by atoms with Crippen LogP contribution in [0.3, 0.4) is 0 Å². The molecule has 2 unspecified atom stereocenters. The largest absolute Gasteiger partial charge is 0.463 e. The van der Waals surface area contributed by atoms with E-state index >= 15 is 0 Å². The van der Waals surface area contributed by atoms with E-state index in [9.17, 15) is 4.39 Å². The van der Waals surface area contributed by atoms with Crippen molar-refractivity contribution in [2.45, 2.75) is 12.7 Å². The smallest absolute Gasteiger partial charge is 0.311 e. The molecule has 0 radical (unpaired) electrons. The Morgan fingerprint density at radius 2 is 2.28 bits per heavy atom. The van der Waals surface area contributed by atoms with Gasteiger partial charge in [0.25, 0.3) is 0 Å². The number of nitrogens with one attached hydrogen (secondary N) is 1. The summed E-state index contributed by atoms with van der Waals surface area (Å²) in [5.41, 5.74) is 0. The molecule has 3 heterocycles. The average molecular weight is 368 g/mol. The minimum Gasteiger partial charge on any atom is -0.463 e. The van der Waals surface area contributed by atoms with Gasteiger partial charge >= 0.3 is 6.02 Å². The van der Waals surface area contributed by atoms with E-state index < -0.39 is 6.17 Å². The molecule has 1 aromatic rings. The second kappa shape index (κ2) is 8.68. The molecular formula is C16H25FN6OS. The minimum absolute atomic E-state index is 0.106. The number of hydrogen-bond acceptors (Lipinski definition) is 8. The normalized spacial score (nSPS) is 25.5. The van der Waals surface area contributed by atoms with Gasteiger partial charge in [0.1, 0.15) is 0 Å². The van der Waals surface area contributed by atoms with Crippen LogP contribution in [0.5, 0.6) is 0 Å². The highest BCUT2D eigenvalue weighted by atomic mass is 32.1. The first-order chi connectivity index (χ1) is 12.1. The fourth-order valence-electron chi connectivity index (χ4n) is 3.00. The van der Waals surface area contributed by atoms with Gasteiger partial charge in [-0.1, -0.05) is 0 Å². The van der Waals surface area contributed by atoms with E-state index in [4.69, 9.17) is 4.74 Å². The van der Waals surface area contributed by atoms with Gasteiger partial charge in [0.05, 0.1) is 13.2 Å². The Balaban J connectivity index is 1.54. The number of likely N-dealkylation sites (N-methyl/N-ethyl adjacent to an activating group) is 1. The van der Waals surface area contributed by atoms with Crippen LogP contribution in [0.15, 0.2) is 16.2 Å². The fraction of sp³-hybridized carbons (Fsp3) is 0.688. The molecule has 0 amide bonds. The zero-order chi connectivity index (χ0) is 17.6. The summed E-state index contributed by atoms with van der Waals surface area (Å²) in [5, 5.41) is 4.03. The predicted octanol–water partition coefficient (Wildman–Crippen LogP) is 1.34. The first-order valence-electron chi connectivity index (χ1n) is 8.51. The Morgan fingerprint density at radius 3 is 3.00 bits per heavy atom. The van der Waals surface area contributed by atoms with Gasteiger partial charge in [-0.25, -0.2) is 19.4 Å². The van der Waals surface area contributed by atoms with E-state index in [1.165, 1.54) is 11.1 Å². The molecule has 0 spiro atoms. The van der Waals surface area contributed by atoms with Crippen molar-refractivity contribution in [2.75, 3.05) is 58.7 Å². The van der Waals surface area contributed by atoms with Gasteiger partial charge in [-0.15, -0.1) is 11.3 Å². The second-order valence-electron chi connectivity index (χ2n) is 6.47. The van der Waals surface area contributed by atoms with Crippen molar-refractivity contribution in [1.82, 2.24) is 14.8 Å². The lowest BCUT2D eigenvalue weighted by Gasteiger charge is -2.23. The molecule has 1 N–H and O–H groups in total. The van der Waals surface area contributed by atoms with Gasteiger partial charge in [-0.3, -0.25) is 4.90 Å². The molecule has 2 aliphatic heterocycles. The van der Waals surface area contributed by atoms with Crippen LogP contribution in [-0.4, -0.2) is 86.6 Å². The van der Waals surface area contributed by atoms with Crippen LogP contribution < -0.4 is 5.32 Å². The molecule has 1 fully saturated rings. The number of nitrogens with zero attached hydrogens (tertiary/aromatic N) is 5. The highest BCUT2D eigenvalue weighted by Crippen LogP contribution is 2.20. The summed E-state index contributed by atoms with van der Waals surface area (Å²) in [5.74, 6) is 0.352. The molecule has 138 valence electrons. The van der Waals surface area contributed by atoms with E-state index in [0.29, 0.717) is 18.5 Å². The van der Waals surface area contributed by atoms with E-state index in [0.717, 1.165) is 37.9 Å². The van der Waals surface area contributed by atoms with Crippen molar-refractivity contribution in [3.8, 4) is 0 Å². The third-order valence-corrected chi connectivity index (χ3v) is 5.23. The number of rotatable bonds is 5. The fourth-order valence-corrected chi connectivity index (χ4v) is 3.81. The summed E-state index contributed by atoms with van der Waals surface area (Å²) in [6.07, 6.45) is 2.11. The molecule has 1 saturated heterocycles. The minimum atomic E-state index is -1.09. The first kappa shape index (κ1) is 18.2. The number of aliphatic imine (C=N–C) groups is 2. The van der Waals surface area contributed by atoms with Gasteiger partial charge in [-0.05, 0) is 7.05 Å². The molecule has 0 bridgehead atoms. The number of hydrogen-bond donors (Lipinski definition) is 1. The zero-order valence-corrected chi connectivity index (χ0v) is 15.5.